The zero-order chi connectivity index (χ0) is 22.4. The molecule has 0 aromatic heterocycles. The number of carboxylic acid groups (broad SMARTS) is 1. The molecule has 0 saturated carbocycles. The van der Waals surface area contributed by atoms with Crippen LogP contribution >= 0.6 is 0 Å². The molecule has 2 saturated heterocycles. The zero-order valence-electron chi connectivity index (χ0n) is 17.8. The third-order valence-corrected chi connectivity index (χ3v) is 6.01. The van der Waals surface area contributed by atoms with Crippen LogP contribution in [0, 0.1) is 5.92 Å². The van der Waals surface area contributed by atoms with Crippen molar-refractivity contribution in [2.24, 2.45) is 22.4 Å². The summed E-state index contributed by atoms with van der Waals surface area (Å²) in [5, 5.41) is 9.67. The molecule has 0 aliphatic carbocycles. The van der Waals surface area contributed by atoms with Gasteiger partial charge >= 0.3 is 5.97 Å². The molecule has 1 amide bonds. The van der Waals surface area contributed by atoms with Gasteiger partial charge in [-0.3, -0.25) is 19.6 Å². The number of carbonyl (C=O) groups excluding carboxylic acids is 1. The summed E-state index contributed by atoms with van der Waals surface area (Å²) in [7, 11) is 0. The standard InChI is InChI=1S/C22H32N6O3/c1-16(27-14-12-26(13-15-27)11-9-17-6-3-2-4-7-17)28-19(21(30)31)18(20(28)29)8-5-10-25-22(23)24/h2-4,6-7,18-19H,1,5,8-15H2,(H,30,31)(H4,23,24,25)/t18-,19+/m1/s1. The number of carboxylic acids is 1. The quantitative estimate of drug-likeness (QED) is 0.211. The molecule has 2 atom stereocenters. The first kappa shape index (κ1) is 22.6. The van der Waals surface area contributed by atoms with Crippen LogP contribution in [0.25, 0.3) is 0 Å². The van der Waals surface area contributed by atoms with Crippen LogP contribution < -0.4 is 11.5 Å². The van der Waals surface area contributed by atoms with Crippen LogP contribution in [0.4, 0.5) is 0 Å². The summed E-state index contributed by atoms with van der Waals surface area (Å²) in [6, 6.07) is 9.50. The van der Waals surface area contributed by atoms with E-state index >= 15 is 0 Å². The first-order valence-corrected chi connectivity index (χ1v) is 10.7. The van der Waals surface area contributed by atoms with E-state index in [4.69, 9.17) is 11.5 Å². The molecule has 1 aromatic carbocycles. The fourth-order valence-corrected chi connectivity index (χ4v) is 4.23. The molecule has 168 valence electrons. The fourth-order valence-electron chi connectivity index (χ4n) is 4.23. The number of likely N-dealkylation sites (tertiary alicyclic amines) is 1. The molecule has 3 rings (SSSR count). The topological polar surface area (TPSA) is 128 Å². The third kappa shape index (κ3) is 5.55. The summed E-state index contributed by atoms with van der Waals surface area (Å²) in [4.78, 5) is 34.1. The highest BCUT2D eigenvalue weighted by Crippen LogP contribution is 2.35. The molecule has 9 nitrogen and oxygen atoms in total. The third-order valence-electron chi connectivity index (χ3n) is 6.01. The lowest BCUT2D eigenvalue weighted by Gasteiger charge is -2.49. The predicted molar refractivity (Wildman–Crippen MR) is 119 cm³/mol. The van der Waals surface area contributed by atoms with Gasteiger partial charge in [0, 0.05) is 39.3 Å². The molecule has 2 heterocycles. The molecule has 2 aliphatic rings. The van der Waals surface area contributed by atoms with Crippen molar-refractivity contribution in [2.75, 3.05) is 39.3 Å². The number of piperazine rings is 1. The number of aliphatic carboxylic acids is 1. The van der Waals surface area contributed by atoms with E-state index in [0.717, 1.165) is 39.1 Å². The normalized spacial score (nSPS) is 21.5. The van der Waals surface area contributed by atoms with Crippen molar-refractivity contribution in [1.29, 1.82) is 0 Å². The van der Waals surface area contributed by atoms with Crippen LogP contribution in [0.3, 0.4) is 0 Å². The van der Waals surface area contributed by atoms with E-state index in [-0.39, 0.29) is 11.9 Å². The summed E-state index contributed by atoms with van der Waals surface area (Å²) < 4.78 is 0. The zero-order valence-corrected chi connectivity index (χ0v) is 17.8. The van der Waals surface area contributed by atoms with Gasteiger partial charge < -0.3 is 21.5 Å². The van der Waals surface area contributed by atoms with Crippen LogP contribution in [0.2, 0.25) is 0 Å². The van der Waals surface area contributed by atoms with Gasteiger partial charge in [0.15, 0.2) is 5.96 Å². The molecule has 9 heteroatoms. The van der Waals surface area contributed by atoms with E-state index in [1.807, 2.05) is 23.1 Å². The maximum atomic E-state index is 12.7. The van der Waals surface area contributed by atoms with Crippen molar-refractivity contribution >= 4 is 17.8 Å². The van der Waals surface area contributed by atoms with E-state index in [1.54, 1.807) is 0 Å². The molecular formula is C22H32N6O3. The summed E-state index contributed by atoms with van der Waals surface area (Å²) in [6.07, 6.45) is 1.98. The van der Waals surface area contributed by atoms with Crippen LogP contribution in [0.1, 0.15) is 18.4 Å². The molecule has 5 N–H and O–H groups in total. The number of amides is 1. The summed E-state index contributed by atoms with van der Waals surface area (Å²) >= 11 is 0. The highest BCUT2D eigenvalue weighted by Gasteiger charge is 2.53. The lowest BCUT2D eigenvalue weighted by Crippen LogP contribution is -2.66. The van der Waals surface area contributed by atoms with E-state index in [0.29, 0.717) is 25.2 Å². The van der Waals surface area contributed by atoms with Crippen molar-refractivity contribution in [3.63, 3.8) is 0 Å². The molecule has 2 fully saturated rings. The number of rotatable bonds is 10. The van der Waals surface area contributed by atoms with E-state index in [2.05, 4.69) is 28.6 Å². The number of nitrogens with two attached hydrogens (primary N) is 2. The second-order valence-corrected chi connectivity index (χ2v) is 8.03. The SMILES string of the molecule is C=C(N1CCN(CCc2ccccc2)CC1)N1C(=O)[C@H](CCCN=C(N)N)[C@H]1C(=O)O. The number of guanidine groups is 1. The number of carbonyl (C=O) groups is 2. The molecule has 0 spiro atoms. The van der Waals surface area contributed by atoms with Crippen molar-refractivity contribution in [3.05, 3.63) is 48.3 Å². The minimum atomic E-state index is -1.01. The number of hydrogen-bond acceptors (Lipinski definition) is 5. The number of aliphatic imine (C=N–C) groups is 1. The fraction of sp³-hybridized carbons (Fsp3) is 0.500. The molecule has 2 aliphatic heterocycles. The second-order valence-electron chi connectivity index (χ2n) is 8.03. The first-order valence-electron chi connectivity index (χ1n) is 10.7. The van der Waals surface area contributed by atoms with Crippen molar-refractivity contribution in [3.8, 4) is 0 Å². The van der Waals surface area contributed by atoms with Gasteiger partial charge in [-0.2, -0.15) is 0 Å². The summed E-state index contributed by atoms with van der Waals surface area (Å²) in [5.74, 6) is -1.27. The van der Waals surface area contributed by atoms with Gasteiger partial charge in [0.2, 0.25) is 5.91 Å². The molecule has 0 bridgehead atoms. The number of benzene rings is 1. The van der Waals surface area contributed by atoms with Gasteiger partial charge in [0.05, 0.1) is 5.92 Å². The maximum Gasteiger partial charge on any atom is 0.327 e. The number of hydrogen-bond donors (Lipinski definition) is 3. The Bertz CT molecular complexity index is 816. The van der Waals surface area contributed by atoms with Crippen molar-refractivity contribution in [1.82, 2.24) is 14.7 Å². The number of β-lactam (4-membered cyclic amide) rings is 1. The predicted octanol–water partition coefficient (Wildman–Crippen LogP) is 0.283. The average Bonchev–Trinajstić information content (AvgIpc) is 2.76. The average molecular weight is 429 g/mol. The second kappa shape index (κ2) is 10.3. The Labute approximate surface area is 183 Å². The Morgan fingerprint density at radius 3 is 2.45 bits per heavy atom. The summed E-state index contributed by atoms with van der Waals surface area (Å²) in [6.45, 7) is 8.56. The molecule has 1 aromatic rings. The van der Waals surface area contributed by atoms with Gasteiger partial charge in [-0.05, 0) is 24.8 Å². The highest BCUT2D eigenvalue weighted by atomic mass is 16.4. The molecular weight excluding hydrogens is 396 g/mol. The number of nitrogens with zero attached hydrogens (tertiary/aromatic N) is 4. The van der Waals surface area contributed by atoms with Gasteiger partial charge in [-0.15, -0.1) is 0 Å². The van der Waals surface area contributed by atoms with Gasteiger partial charge in [0.1, 0.15) is 11.9 Å². The molecule has 0 unspecified atom stereocenters. The van der Waals surface area contributed by atoms with Crippen LogP contribution in [-0.4, -0.2) is 83.0 Å². The minimum Gasteiger partial charge on any atom is -0.480 e. The van der Waals surface area contributed by atoms with Crippen LogP contribution in [0.15, 0.2) is 47.7 Å². The summed E-state index contributed by atoms with van der Waals surface area (Å²) in [5.41, 5.74) is 11.9. The Kier molecular flexibility index (Phi) is 7.51. The van der Waals surface area contributed by atoms with Crippen LogP contribution in [0.5, 0.6) is 0 Å². The Hall–Kier alpha value is -3.07. The Morgan fingerprint density at radius 2 is 1.84 bits per heavy atom. The van der Waals surface area contributed by atoms with Crippen molar-refractivity contribution < 1.29 is 14.7 Å². The largest absolute Gasteiger partial charge is 0.480 e. The van der Waals surface area contributed by atoms with Gasteiger partial charge in [-0.1, -0.05) is 36.9 Å². The first-order chi connectivity index (χ1) is 14.9. The van der Waals surface area contributed by atoms with Gasteiger partial charge in [0.25, 0.3) is 0 Å². The van der Waals surface area contributed by atoms with E-state index in [9.17, 15) is 14.7 Å². The Morgan fingerprint density at radius 1 is 1.16 bits per heavy atom. The lowest BCUT2D eigenvalue weighted by molar-refractivity contribution is -0.170. The lowest BCUT2D eigenvalue weighted by atomic mass is 9.83. The Balaban J connectivity index is 1.48. The van der Waals surface area contributed by atoms with E-state index in [1.165, 1.54) is 10.5 Å². The smallest absolute Gasteiger partial charge is 0.327 e. The molecule has 0 radical (unpaired) electrons. The van der Waals surface area contributed by atoms with Crippen LogP contribution in [-0.2, 0) is 16.0 Å². The van der Waals surface area contributed by atoms with Gasteiger partial charge in [-0.25, -0.2) is 4.79 Å². The minimum absolute atomic E-state index is 0.00682. The van der Waals surface area contributed by atoms with E-state index < -0.39 is 17.9 Å². The highest BCUT2D eigenvalue weighted by molar-refractivity contribution is 5.97. The molecule has 31 heavy (non-hydrogen) atoms. The van der Waals surface area contributed by atoms with Crippen molar-refractivity contribution in [2.45, 2.75) is 25.3 Å². The monoisotopic (exact) mass is 428 g/mol. The maximum absolute atomic E-state index is 12.7.